The van der Waals surface area contributed by atoms with E-state index in [2.05, 4.69) is 5.10 Å². The van der Waals surface area contributed by atoms with Gasteiger partial charge in [0.05, 0.1) is 19.3 Å². The zero-order chi connectivity index (χ0) is 14.0. The van der Waals surface area contributed by atoms with E-state index in [0.29, 0.717) is 6.42 Å². The van der Waals surface area contributed by atoms with Crippen molar-refractivity contribution in [2.75, 3.05) is 13.7 Å². The van der Waals surface area contributed by atoms with E-state index in [1.54, 1.807) is 7.05 Å². The van der Waals surface area contributed by atoms with Crippen LogP contribution >= 0.6 is 0 Å². The van der Waals surface area contributed by atoms with Crippen molar-refractivity contribution >= 4 is 10.0 Å². The maximum absolute atomic E-state index is 12.4. The zero-order valence-electron chi connectivity index (χ0n) is 11.3. The molecule has 7 heteroatoms. The summed E-state index contributed by atoms with van der Waals surface area (Å²) >= 11 is 0. The van der Waals surface area contributed by atoms with Crippen LogP contribution in [0.15, 0.2) is 17.3 Å². The lowest BCUT2D eigenvalue weighted by atomic mass is 10.0. The number of rotatable bonds is 6. The summed E-state index contributed by atoms with van der Waals surface area (Å²) < 4.78 is 27.5. The fourth-order valence-corrected chi connectivity index (χ4v) is 2.94. The molecule has 1 aromatic heterocycles. The van der Waals surface area contributed by atoms with Crippen molar-refractivity contribution in [3.05, 3.63) is 12.4 Å². The van der Waals surface area contributed by atoms with Gasteiger partial charge in [-0.25, -0.2) is 8.42 Å². The Bertz CT molecular complexity index is 493. The Morgan fingerprint density at radius 2 is 2.11 bits per heavy atom. The third-order valence-electron chi connectivity index (χ3n) is 3.31. The average Bonchev–Trinajstić information content (AvgIpc) is 2.77. The number of aromatic nitrogens is 2. The topological polar surface area (TPSA) is 75.4 Å². The van der Waals surface area contributed by atoms with E-state index in [1.165, 1.54) is 21.4 Å². The highest BCUT2D eigenvalue weighted by molar-refractivity contribution is 7.89. The van der Waals surface area contributed by atoms with Crippen molar-refractivity contribution < 1.29 is 13.5 Å². The molecule has 0 aliphatic rings. The molecule has 1 N–H and O–H groups in total. The van der Waals surface area contributed by atoms with Crippen LogP contribution in [-0.4, -0.2) is 46.8 Å². The van der Waals surface area contributed by atoms with Gasteiger partial charge in [-0.2, -0.15) is 9.40 Å². The summed E-state index contributed by atoms with van der Waals surface area (Å²) in [4.78, 5) is 0.153. The van der Waals surface area contributed by atoms with E-state index < -0.39 is 15.6 Å². The molecule has 0 aliphatic carbocycles. The van der Waals surface area contributed by atoms with E-state index in [1.807, 2.05) is 20.8 Å². The van der Waals surface area contributed by atoms with Gasteiger partial charge < -0.3 is 5.11 Å². The predicted molar refractivity (Wildman–Crippen MR) is 68.6 cm³/mol. The molecule has 0 fully saturated rings. The van der Waals surface area contributed by atoms with Gasteiger partial charge in [0.2, 0.25) is 10.0 Å². The summed E-state index contributed by atoms with van der Waals surface area (Å²) in [6, 6.07) is 0. The minimum atomic E-state index is -3.54. The van der Waals surface area contributed by atoms with Crippen LogP contribution in [0.3, 0.4) is 0 Å². The van der Waals surface area contributed by atoms with Gasteiger partial charge in [0.15, 0.2) is 0 Å². The largest absolute Gasteiger partial charge is 0.394 e. The van der Waals surface area contributed by atoms with Crippen LogP contribution in [0.25, 0.3) is 0 Å². The Balaban J connectivity index is 3.05. The Kier molecular flexibility index (Phi) is 4.52. The number of sulfonamides is 1. The Morgan fingerprint density at radius 3 is 2.61 bits per heavy atom. The fraction of sp³-hybridized carbons (Fsp3) is 0.727. The molecule has 0 saturated heterocycles. The first-order chi connectivity index (χ1) is 8.25. The Morgan fingerprint density at radius 1 is 1.50 bits per heavy atom. The molecule has 1 heterocycles. The van der Waals surface area contributed by atoms with E-state index in [9.17, 15) is 8.42 Å². The summed E-state index contributed by atoms with van der Waals surface area (Å²) in [7, 11) is -1.97. The number of aliphatic hydroxyl groups excluding tert-OH is 1. The molecule has 18 heavy (non-hydrogen) atoms. The van der Waals surface area contributed by atoms with Crippen molar-refractivity contribution in [3.63, 3.8) is 0 Å². The number of aliphatic hydroxyl groups is 1. The van der Waals surface area contributed by atoms with Crippen molar-refractivity contribution in [1.82, 2.24) is 14.1 Å². The van der Waals surface area contributed by atoms with Gasteiger partial charge in [-0.15, -0.1) is 0 Å². The molecule has 0 radical (unpaired) electrons. The van der Waals surface area contributed by atoms with Crippen LogP contribution in [0.4, 0.5) is 0 Å². The van der Waals surface area contributed by atoms with Crippen LogP contribution in [-0.2, 0) is 16.6 Å². The second kappa shape index (κ2) is 5.38. The van der Waals surface area contributed by atoms with Crippen LogP contribution in [0, 0.1) is 0 Å². The first-order valence-corrected chi connectivity index (χ1v) is 7.32. The highest BCUT2D eigenvalue weighted by atomic mass is 32.2. The lowest BCUT2D eigenvalue weighted by Gasteiger charge is -2.33. The normalized spacial score (nSPS) is 13.2. The number of nitrogens with zero attached hydrogens (tertiary/aromatic N) is 3. The minimum absolute atomic E-state index is 0.0720. The van der Waals surface area contributed by atoms with Crippen LogP contribution in [0.2, 0.25) is 0 Å². The molecule has 0 spiro atoms. The lowest BCUT2D eigenvalue weighted by molar-refractivity contribution is 0.257. The minimum Gasteiger partial charge on any atom is -0.394 e. The highest BCUT2D eigenvalue weighted by Crippen LogP contribution is 2.24. The highest BCUT2D eigenvalue weighted by Gasteiger charge is 2.33. The molecular weight excluding hydrogens is 254 g/mol. The SMILES string of the molecule is CCC(C)(C)N(C)S(=O)(=O)c1cnn(CCO)c1. The van der Waals surface area contributed by atoms with Gasteiger partial charge in [0, 0.05) is 18.8 Å². The smallest absolute Gasteiger partial charge is 0.246 e. The molecule has 0 amide bonds. The molecule has 0 atom stereocenters. The molecule has 104 valence electrons. The summed E-state index contributed by atoms with van der Waals surface area (Å²) in [5, 5.41) is 12.7. The van der Waals surface area contributed by atoms with Crippen molar-refractivity contribution in [3.8, 4) is 0 Å². The van der Waals surface area contributed by atoms with Gasteiger partial charge in [-0.05, 0) is 20.3 Å². The second-order valence-corrected chi connectivity index (χ2v) is 6.77. The van der Waals surface area contributed by atoms with E-state index in [-0.39, 0.29) is 18.0 Å². The van der Waals surface area contributed by atoms with Crippen molar-refractivity contribution in [2.24, 2.45) is 0 Å². The summed E-state index contributed by atoms with van der Waals surface area (Å²) in [5.41, 5.74) is -0.447. The van der Waals surface area contributed by atoms with Crippen molar-refractivity contribution in [2.45, 2.75) is 44.2 Å². The fourth-order valence-electron chi connectivity index (χ4n) is 1.41. The molecule has 0 aromatic carbocycles. The third kappa shape index (κ3) is 2.90. The molecule has 6 nitrogen and oxygen atoms in total. The Hall–Kier alpha value is -0.920. The van der Waals surface area contributed by atoms with Crippen LogP contribution in [0.1, 0.15) is 27.2 Å². The van der Waals surface area contributed by atoms with Gasteiger partial charge in [-0.3, -0.25) is 4.68 Å². The number of hydrogen-bond donors (Lipinski definition) is 1. The molecular formula is C11H21N3O3S. The van der Waals surface area contributed by atoms with Crippen LogP contribution < -0.4 is 0 Å². The zero-order valence-corrected chi connectivity index (χ0v) is 12.1. The van der Waals surface area contributed by atoms with Gasteiger partial charge >= 0.3 is 0 Å². The first-order valence-electron chi connectivity index (χ1n) is 5.88. The van der Waals surface area contributed by atoms with Gasteiger partial charge in [-0.1, -0.05) is 6.92 Å². The lowest BCUT2D eigenvalue weighted by Crippen LogP contribution is -2.44. The first kappa shape index (κ1) is 15.1. The molecule has 0 saturated carbocycles. The summed E-state index contributed by atoms with van der Waals surface area (Å²) in [5.74, 6) is 0. The average molecular weight is 275 g/mol. The maximum atomic E-state index is 12.4. The van der Waals surface area contributed by atoms with Gasteiger partial charge in [0.1, 0.15) is 4.90 Å². The summed E-state index contributed by atoms with van der Waals surface area (Å²) in [6.07, 6.45) is 3.47. The van der Waals surface area contributed by atoms with E-state index in [0.717, 1.165) is 0 Å². The molecule has 0 unspecified atom stereocenters. The molecule has 1 aromatic rings. The maximum Gasteiger partial charge on any atom is 0.246 e. The molecule has 0 bridgehead atoms. The van der Waals surface area contributed by atoms with E-state index in [4.69, 9.17) is 5.11 Å². The second-order valence-electron chi connectivity index (χ2n) is 4.80. The quantitative estimate of drug-likeness (QED) is 0.828. The number of hydrogen-bond acceptors (Lipinski definition) is 4. The van der Waals surface area contributed by atoms with Crippen LogP contribution in [0.5, 0.6) is 0 Å². The Labute approximate surface area is 108 Å². The predicted octanol–water partition coefficient (Wildman–Crippen LogP) is 0.684. The summed E-state index contributed by atoms with van der Waals surface area (Å²) in [6.45, 7) is 5.92. The van der Waals surface area contributed by atoms with Crippen molar-refractivity contribution in [1.29, 1.82) is 0 Å². The third-order valence-corrected chi connectivity index (χ3v) is 5.34. The standard InChI is InChI=1S/C11H21N3O3S/c1-5-11(2,3)13(4)18(16,17)10-8-12-14(9-10)6-7-15/h8-9,15H,5-7H2,1-4H3. The molecule has 1 rings (SSSR count). The van der Waals surface area contributed by atoms with E-state index >= 15 is 0 Å². The monoisotopic (exact) mass is 275 g/mol. The molecule has 0 aliphatic heterocycles. The van der Waals surface area contributed by atoms with Gasteiger partial charge in [0.25, 0.3) is 0 Å².